The Bertz CT molecular complexity index is 1460. The predicted molar refractivity (Wildman–Crippen MR) is 119 cm³/mol. The Balaban J connectivity index is 1.46. The Morgan fingerprint density at radius 2 is 1.94 bits per heavy atom. The molecule has 10 heteroatoms. The second-order valence-corrected chi connectivity index (χ2v) is 9.17. The van der Waals surface area contributed by atoms with Gasteiger partial charge >= 0.3 is 6.36 Å². The van der Waals surface area contributed by atoms with Crippen LogP contribution in [0, 0.1) is 0 Å². The number of hydrogen-bond acceptors (Lipinski definition) is 5. The number of hydrogen-bond donors (Lipinski definition) is 1. The van der Waals surface area contributed by atoms with Crippen LogP contribution in [0.4, 0.5) is 13.2 Å². The van der Waals surface area contributed by atoms with Gasteiger partial charge in [-0.25, -0.2) is 4.98 Å². The standard InChI is InChI=1S/C23H14ClF3N2O3S/c24-13-4-5-16-15(9-13)21(31)20-17(29-16)7-12(8-18(20)30)19-10-28-22(33-19)11-2-1-3-14(6-11)32-23(25,26)27/h1-6,9-10,12H,7-8H2,(H,29,31). The van der Waals surface area contributed by atoms with E-state index < -0.39 is 6.36 Å². The third-order valence-electron chi connectivity index (χ3n) is 5.44. The van der Waals surface area contributed by atoms with E-state index in [1.807, 2.05) is 0 Å². The minimum absolute atomic E-state index is 0.140. The molecule has 0 saturated carbocycles. The first kappa shape index (κ1) is 21.7. The van der Waals surface area contributed by atoms with Gasteiger partial charge in [0.05, 0.1) is 5.56 Å². The molecule has 0 fully saturated rings. The van der Waals surface area contributed by atoms with E-state index in [2.05, 4.69) is 14.7 Å². The van der Waals surface area contributed by atoms with Crippen LogP contribution in [0.1, 0.15) is 33.3 Å². The first-order valence-electron chi connectivity index (χ1n) is 9.87. The molecule has 1 unspecified atom stereocenters. The van der Waals surface area contributed by atoms with Crippen molar-refractivity contribution in [3.8, 4) is 16.3 Å². The second-order valence-electron chi connectivity index (χ2n) is 7.67. The number of aromatic amines is 1. The molecule has 5 rings (SSSR count). The maximum atomic E-state index is 12.9. The molecule has 0 spiro atoms. The number of carbonyl (C=O) groups excluding carboxylic acids is 1. The van der Waals surface area contributed by atoms with E-state index in [4.69, 9.17) is 11.6 Å². The van der Waals surface area contributed by atoms with Gasteiger partial charge in [0.15, 0.2) is 5.78 Å². The fourth-order valence-corrected chi connectivity index (χ4v) is 5.22. The van der Waals surface area contributed by atoms with Crippen molar-refractivity contribution in [2.24, 2.45) is 0 Å². The van der Waals surface area contributed by atoms with Crippen LogP contribution in [0.15, 0.2) is 53.5 Å². The summed E-state index contributed by atoms with van der Waals surface area (Å²) in [5, 5.41) is 1.29. The Kier molecular flexibility index (Phi) is 5.25. The lowest BCUT2D eigenvalue weighted by Crippen LogP contribution is -2.27. The van der Waals surface area contributed by atoms with Crippen molar-refractivity contribution in [2.75, 3.05) is 0 Å². The van der Waals surface area contributed by atoms with Gasteiger partial charge in [0.1, 0.15) is 10.8 Å². The SMILES string of the molecule is O=C1CC(c2cnc(-c3cccc(OC(F)(F)F)c3)s2)Cc2[nH]c3ccc(Cl)cc3c(=O)c21. The molecular weight excluding hydrogens is 477 g/mol. The minimum atomic E-state index is -4.78. The number of fused-ring (bicyclic) bond motifs is 2. The van der Waals surface area contributed by atoms with Gasteiger partial charge in [0, 0.05) is 50.6 Å². The number of H-pyrrole nitrogens is 1. The Morgan fingerprint density at radius 3 is 2.73 bits per heavy atom. The smallest absolute Gasteiger partial charge is 0.406 e. The molecular formula is C23H14ClF3N2O3S. The molecule has 1 atom stereocenters. The van der Waals surface area contributed by atoms with Crippen molar-refractivity contribution in [3.05, 3.63) is 80.0 Å². The molecule has 0 amide bonds. The van der Waals surface area contributed by atoms with Crippen LogP contribution in [-0.4, -0.2) is 22.1 Å². The number of benzene rings is 2. The summed E-state index contributed by atoms with van der Waals surface area (Å²) in [5.41, 5.74) is 1.46. The molecule has 1 N–H and O–H groups in total. The summed E-state index contributed by atoms with van der Waals surface area (Å²) in [6, 6.07) is 10.5. The Hall–Kier alpha value is -3.17. The number of nitrogens with one attached hydrogen (secondary N) is 1. The van der Waals surface area contributed by atoms with Gasteiger partial charge in [-0.2, -0.15) is 0 Å². The van der Waals surface area contributed by atoms with Crippen molar-refractivity contribution in [2.45, 2.75) is 25.1 Å². The molecule has 2 aromatic carbocycles. The van der Waals surface area contributed by atoms with Gasteiger partial charge in [-0.1, -0.05) is 23.7 Å². The second kappa shape index (κ2) is 8.00. The maximum Gasteiger partial charge on any atom is 0.573 e. The van der Waals surface area contributed by atoms with E-state index in [1.165, 1.54) is 29.5 Å². The normalized spacial score (nSPS) is 16.1. The van der Waals surface area contributed by atoms with Crippen molar-refractivity contribution in [3.63, 3.8) is 0 Å². The third-order valence-corrected chi connectivity index (χ3v) is 6.89. The summed E-state index contributed by atoms with van der Waals surface area (Å²) in [7, 11) is 0. The summed E-state index contributed by atoms with van der Waals surface area (Å²) >= 11 is 7.30. The summed E-state index contributed by atoms with van der Waals surface area (Å²) in [6.45, 7) is 0. The molecule has 33 heavy (non-hydrogen) atoms. The molecule has 5 nitrogen and oxygen atoms in total. The molecule has 4 aromatic rings. The average molecular weight is 491 g/mol. The van der Waals surface area contributed by atoms with Gasteiger partial charge in [-0.3, -0.25) is 9.59 Å². The molecule has 0 radical (unpaired) electrons. The number of pyridine rings is 1. The zero-order chi connectivity index (χ0) is 23.3. The molecule has 1 aliphatic carbocycles. The number of ether oxygens (including phenoxy) is 1. The van der Waals surface area contributed by atoms with Gasteiger partial charge in [-0.05, 0) is 36.8 Å². The lowest BCUT2D eigenvalue weighted by Gasteiger charge is -2.22. The number of alkyl halides is 3. The van der Waals surface area contributed by atoms with E-state index in [1.54, 1.807) is 30.5 Å². The molecule has 0 aliphatic heterocycles. The third kappa shape index (κ3) is 4.26. The Morgan fingerprint density at radius 1 is 1.12 bits per heavy atom. The highest BCUT2D eigenvalue weighted by Gasteiger charge is 2.32. The van der Waals surface area contributed by atoms with Crippen LogP contribution in [-0.2, 0) is 6.42 Å². The monoisotopic (exact) mass is 490 g/mol. The maximum absolute atomic E-state index is 12.9. The number of rotatable bonds is 3. The number of ketones is 1. The van der Waals surface area contributed by atoms with E-state index in [0.717, 1.165) is 4.88 Å². The van der Waals surface area contributed by atoms with Crippen molar-refractivity contribution in [1.82, 2.24) is 9.97 Å². The van der Waals surface area contributed by atoms with Crippen LogP contribution >= 0.6 is 22.9 Å². The predicted octanol–water partition coefficient (Wildman–Crippen LogP) is 6.12. The van der Waals surface area contributed by atoms with Gasteiger partial charge < -0.3 is 9.72 Å². The number of nitrogens with zero attached hydrogens (tertiary/aromatic N) is 1. The zero-order valence-electron chi connectivity index (χ0n) is 16.7. The highest BCUT2D eigenvalue weighted by Crippen LogP contribution is 2.38. The number of thiazole rings is 1. The molecule has 0 bridgehead atoms. The van der Waals surface area contributed by atoms with E-state index in [-0.39, 0.29) is 34.9 Å². The fraction of sp³-hybridized carbons (Fsp3) is 0.174. The molecule has 168 valence electrons. The van der Waals surface area contributed by atoms with Gasteiger partial charge in [0.25, 0.3) is 0 Å². The molecule has 2 aromatic heterocycles. The van der Waals surface area contributed by atoms with Crippen LogP contribution in [0.5, 0.6) is 5.75 Å². The number of Topliss-reactive ketones (excluding diaryl/α,β-unsaturated/α-hetero) is 1. The first-order valence-corrected chi connectivity index (χ1v) is 11.1. The summed E-state index contributed by atoms with van der Waals surface area (Å²) < 4.78 is 41.6. The lowest BCUT2D eigenvalue weighted by molar-refractivity contribution is -0.274. The summed E-state index contributed by atoms with van der Waals surface area (Å²) in [6.07, 6.45) is -2.58. The zero-order valence-corrected chi connectivity index (χ0v) is 18.3. The van der Waals surface area contributed by atoms with Crippen molar-refractivity contribution in [1.29, 1.82) is 0 Å². The topological polar surface area (TPSA) is 72.0 Å². The van der Waals surface area contributed by atoms with E-state index >= 15 is 0 Å². The Labute approximate surface area is 193 Å². The largest absolute Gasteiger partial charge is 0.573 e. The van der Waals surface area contributed by atoms with Crippen LogP contribution in [0.25, 0.3) is 21.5 Å². The first-order chi connectivity index (χ1) is 15.7. The van der Waals surface area contributed by atoms with E-state index in [9.17, 15) is 22.8 Å². The number of carbonyl (C=O) groups is 1. The average Bonchev–Trinajstić information content (AvgIpc) is 3.23. The van der Waals surface area contributed by atoms with Crippen LogP contribution in [0.3, 0.4) is 0 Å². The minimum Gasteiger partial charge on any atom is -0.406 e. The number of aromatic nitrogens is 2. The molecule has 2 heterocycles. The summed E-state index contributed by atoms with van der Waals surface area (Å²) in [5.74, 6) is -0.797. The molecule has 0 saturated heterocycles. The van der Waals surface area contributed by atoms with Gasteiger partial charge in [0.2, 0.25) is 5.43 Å². The highest BCUT2D eigenvalue weighted by atomic mass is 35.5. The van der Waals surface area contributed by atoms with E-state index in [0.29, 0.717) is 38.6 Å². The van der Waals surface area contributed by atoms with Gasteiger partial charge in [-0.15, -0.1) is 24.5 Å². The molecule has 1 aliphatic rings. The lowest BCUT2D eigenvalue weighted by atomic mass is 9.84. The highest BCUT2D eigenvalue weighted by molar-refractivity contribution is 7.15. The van der Waals surface area contributed by atoms with Crippen molar-refractivity contribution < 1.29 is 22.7 Å². The quantitative estimate of drug-likeness (QED) is 0.376. The summed E-state index contributed by atoms with van der Waals surface area (Å²) in [4.78, 5) is 34.1. The fourth-order valence-electron chi connectivity index (χ4n) is 4.04. The van der Waals surface area contributed by atoms with Crippen LogP contribution in [0.2, 0.25) is 5.02 Å². The van der Waals surface area contributed by atoms with Crippen LogP contribution < -0.4 is 10.2 Å². The number of halogens is 4. The van der Waals surface area contributed by atoms with Crippen molar-refractivity contribution >= 4 is 39.6 Å².